The molecule has 2 aromatic rings. The molecule has 1 aliphatic rings. The van der Waals surface area contributed by atoms with E-state index in [2.05, 4.69) is 0 Å². The standard InChI is InChI=1S/C20H21ClN2O3/c1-14-4-3-5-15(12-14)19(24)22-8-10-23(11-9-22)20(25)17-13-16(21)6-7-18(17)26-2/h3-7,12-13H,8-11H2,1-2H3. The smallest absolute Gasteiger partial charge is 0.257 e. The summed E-state index contributed by atoms with van der Waals surface area (Å²) in [5.41, 5.74) is 2.18. The van der Waals surface area contributed by atoms with Crippen LogP contribution in [0.4, 0.5) is 0 Å². The Kier molecular flexibility index (Phi) is 5.47. The summed E-state index contributed by atoms with van der Waals surface area (Å²) in [6.07, 6.45) is 0. The normalized spacial score (nSPS) is 14.3. The topological polar surface area (TPSA) is 49.9 Å². The molecule has 1 heterocycles. The highest BCUT2D eigenvalue weighted by Crippen LogP contribution is 2.24. The van der Waals surface area contributed by atoms with Gasteiger partial charge in [-0.1, -0.05) is 29.3 Å². The molecule has 136 valence electrons. The number of rotatable bonds is 3. The summed E-state index contributed by atoms with van der Waals surface area (Å²) in [5.74, 6) is 0.366. The van der Waals surface area contributed by atoms with E-state index in [0.717, 1.165) is 5.56 Å². The highest BCUT2D eigenvalue weighted by molar-refractivity contribution is 6.31. The maximum Gasteiger partial charge on any atom is 0.257 e. The fourth-order valence-corrected chi connectivity index (χ4v) is 3.26. The summed E-state index contributed by atoms with van der Waals surface area (Å²) >= 11 is 6.02. The number of piperazine rings is 1. The first-order valence-corrected chi connectivity index (χ1v) is 8.86. The van der Waals surface area contributed by atoms with Gasteiger partial charge in [0.05, 0.1) is 12.7 Å². The first-order valence-electron chi connectivity index (χ1n) is 8.48. The molecule has 1 fully saturated rings. The van der Waals surface area contributed by atoms with Gasteiger partial charge in [0.2, 0.25) is 0 Å². The van der Waals surface area contributed by atoms with Gasteiger partial charge in [-0.15, -0.1) is 0 Å². The van der Waals surface area contributed by atoms with Gasteiger partial charge in [-0.25, -0.2) is 0 Å². The molecule has 1 saturated heterocycles. The largest absolute Gasteiger partial charge is 0.496 e. The number of aryl methyl sites for hydroxylation is 1. The first-order chi connectivity index (χ1) is 12.5. The Morgan fingerprint density at radius 3 is 2.23 bits per heavy atom. The summed E-state index contributed by atoms with van der Waals surface area (Å²) in [6, 6.07) is 12.6. The van der Waals surface area contributed by atoms with Gasteiger partial charge < -0.3 is 14.5 Å². The van der Waals surface area contributed by atoms with E-state index < -0.39 is 0 Å². The van der Waals surface area contributed by atoms with Crippen molar-refractivity contribution in [3.63, 3.8) is 0 Å². The molecule has 0 unspecified atom stereocenters. The van der Waals surface area contributed by atoms with Gasteiger partial charge in [-0.05, 0) is 37.3 Å². The summed E-state index contributed by atoms with van der Waals surface area (Å²) in [7, 11) is 1.53. The summed E-state index contributed by atoms with van der Waals surface area (Å²) in [6.45, 7) is 3.92. The van der Waals surface area contributed by atoms with Crippen LogP contribution in [0.15, 0.2) is 42.5 Å². The van der Waals surface area contributed by atoms with Crippen molar-refractivity contribution < 1.29 is 14.3 Å². The van der Waals surface area contributed by atoms with Gasteiger partial charge >= 0.3 is 0 Å². The zero-order valence-electron chi connectivity index (χ0n) is 14.9. The summed E-state index contributed by atoms with van der Waals surface area (Å²) in [4.78, 5) is 29.0. The lowest BCUT2D eigenvalue weighted by atomic mass is 10.1. The molecular formula is C20H21ClN2O3. The predicted molar refractivity (Wildman–Crippen MR) is 101 cm³/mol. The number of hydrogen-bond acceptors (Lipinski definition) is 3. The minimum absolute atomic E-state index is 0.00105. The van der Waals surface area contributed by atoms with Crippen LogP contribution in [-0.2, 0) is 0 Å². The third-order valence-electron chi connectivity index (χ3n) is 4.51. The van der Waals surface area contributed by atoms with Crippen LogP contribution in [0.2, 0.25) is 5.02 Å². The number of carbonyl (C=O) groups excluding carboxylic acids is 2. The van der Waals surface area contributed by atoms with Crippen molar-refractivity contribution in [3.05, 3.63) is 64.2 Å². The second-order valence-corrected chi connectivity index (χ2v) is 6.73. The molecule has 0 N–H and O–H groups in total. The number of halogens is 1. The third kappa shape index (κ3) is 3.83. The molecule has 2 aromatic carbocycles. The Bertz CT molecular complexity index is 830. The minimum Gasteiger partial charge on any atom is -0.496 e. The predicted octanol–water partition coefficient (Wildman–Crippen LogP) is 3.26. The Hall–Kier alpha value is -2.53. The number of benzene rings is 2. The molecular weight excluding hydrogens is 352 g/mol. The molecule has 5 nitrogen and oxygen atoms in total. The molecule has 0 spiro atoms. The highest BCUT2D eigenvalue weighted by Gasteiger charge is 2.27. The van der Waals surface area contributed by atoms with E-state index in [1.54, 1.807) is 28.0 Å². The van der Waals surface area contributed by atoms with Crippen molar-refractivity contribution >= 4 is 23.4 Å². The zero-order valence-corrected chi connectivity index (χ0v) is 15.6. The third-order valence-corrected chi connectivity index (χ3v) is 4.75. The van der Waals surface area contributed by atoms with Gasteiger partial charge in [0.25, 0.3) is 11.8 Å². The molecule has 26 heavy (non-hydrogen) atoms. The molecule has 0 aliphatic carbocycles. The maximum absolute atomic E-state index is 12.8. The molecule has 0 radical (unpaired) electrons. The molecule has 0 bridgehead atoms. The number of ether oxygens (including phenoxy) is 1. The van der Waals surface area contributed by atoms with Crippen LogP contribution in [0, 0.1) is 6.92 Å². The Morgan fingerprint density at radius 1 is 0.962 bits per heavy atom. The van der Waals surface area contributed by atoms with E-state index in [-0.39, 0.29) is 11.8 Å². The monoisotopic (exact) mass is 372 g/mol. The van der Waals surface area contributed by atoms with Crippen LogP contribution >= 0.6 is 11.6 Å². The number of carbonyl (C=O) groups is 2. The van der Waals surface area contributed by atoms with E-state index in [1.807, 2.05) is 31.2 Å². The van der Waals surface area contributed by atoms with Gasteiger partial charge in [0, 0.05) is 36.8 Å². The summed E-state index contributed by atoms with van der Waals surface area (Å²) < 4.78 is 5.27. The quantitative estimate of drug-likeness (QED) is 0.831. The van der Waals surface area contributed by atoms with Crippen molar-refractivity contribution in [2.45, 2.75) is 6.92 Å². The van der Waals surface area contributed by atoms with Crippen molar-refractivity contribution in [1.82, 2.24) is 9.80 Å². The van der Waals surface area contributed by atoms with Crippen LogP contribution < -0.4 is 4.74 Å². The molecule has 0 atom stereocenters. The van der Waals surface area contributed by atoms with Crippen LogP contribution in [0.3, 0.4) is 0 Å². The van der Waals surface area contributed by atoms with E-state index in [0.29, 0.717) is 48.1 Å². The SMILES string of the molecule is COc1ccc(Cl)cc1C(=O)N1CCN(C(=O)c2cccc(C)c2)CC1. The van der Waals surface area contributed by atoms with Crippen LogP contribution in [0.5, 0.6) is 5.75 Å². The van der Waals surface area contributed by atoms with Gasteiger partial charge in [0.1, 0.15) is 5.75 Å². The molecule has 0 saturated carbocycles. The Balaban J connectivity index is 1.68. The average molecular weight is 373 g/mol. The number of hydrogen-bond donors (Lipinski definition) is 0. The molecule has 2 amide bonds. The van der Waals surface area contributed by atoms with Crippen molar-refractivity contribution in [1.29, 1.82) is 0 Å². The number of amides is 2. The fraction of sp³-hybridized carbons (Fsp3) is 0.300. The summed E-state index contributed by atoms with van der Waals surface area (Å²) in [5, 5.41) is 0.488. The van der Waals surface area contributed by atoms with Crippen molar-refractivity contribution in [2.24, 2.45) is 0 Å². The molecule has 1 aliphatic heterocycles. The average Bonchev–Trinajstić information content (AvgIpc) is 2.67. The number of nitrogens with zero attached hydrogens (tertiary/aromatic N) is 2. The lowest BCUT2D eigenvalue weighted by molar-refractivity contribution is 0.0533. The van der Waals surface area contributed by atoms with E-state index in [1.165, 1.54) is 7.11 Å². The Labute approximate surface area is 158 Å². The fourth-order valence-electron chi connectivity index (χ4n) is 3.09. The van der Waals surface area contributed by atoms with Crippen LogP contribution in [-0.4, -0.2) is 54.9 Å². The number of methoxy groups -OCH3 is 1. The van der Waals surface area contributed by atoms with Crippen LogP contribution in [0.1, 0.15) is 26.3 Å². The molecule has 3 rings (SSSR count). The van der Waals surface area contributed by atoms with E-state index in [4.69, 9.17) is 16.3 Å². The molecule has 6 heteroatoms. The maximum atomic E-state index is 12.8. The van der Waals surface area contributed by atoms with Crippen LogP contribution in [0.25, 0.3) is 0 Å². The first kappa shape index (κ1) is 18.3. The van der Waals surface area contributed by atoms with Gasteiger partial charge in [-0.2, -0.15) is 0 Å². The van der Waals surface area contributed by atoms with E-state index >= 15 is 0 Å². The van der Waals surface area contributed by atoms with Crippen molar-refractivity contribution in [3.8, 4) is 5.75 Å². The lowest BCUT2D eigenvalue weighted by Crippen LogP contribution is -2.50. The second-order valence-electron chi connectivity index (χ2n) is 6.30. The lowest BCUT2D eigenvalue weighted by Gasteiger charge is -2.35. The zero-order chi connectivity index (χ0) is 18.7. The van der Waals surface area contributed by atoms with Crippen molar-refractivity contribution in [2.75, 3.05) is 33.3 Å². The van der Waals surface area contributed by atoms with Gasteiger partial charge in [-0.3, -0.25) is 9.59 Å². The molecule has 0 aromatic heterocycles. The second kappa shape index (κ2) is 7.79. The van der Waals surface area contributed by atoms with Gasteiger partial charge in [0.15, 0.2) is 0 Å². The Morgan fingerprint density at radius 2 is 1.62 bits per heavy atom. The minimum atomic E-state index is -0.132. The van der Waals surface area contributed by atoms with E-state index in [9.17, 15) is 9.59 Å². The highest BCUT2D eigenvalue weighted by atomic mass is 35.5.